The Bertz CT molecular complexity index is 910. The van der Waals surface area contributed by atoms with Crippen molar-refractivity contribution in [3.05, 3.63) is 41.0 Å². The van der Waals surface area contributed by atoms with E-state index in [2.05, 4.69) is 55.5 Å². The van der Waals surface area contributed by atoms with E-state index in [0.717, 1.165) is 74.3 Å². The number of hydrogen-bond donors (Lipinski definition) is 2. The van der Waals surface area contributed by atoms with Crippen LogP contribution in [0, 0.1) is 6.92 Å². The van der Waals surface area contributed by atoms with Crippen molar-refractivity contribution in [3.8, 4) is 5.75 Å². The Balaban J connectivity index is 0.00000306. The zero-order chi connectivity index (χ0) is 22.2. The maximum absolute atomic E-state index is 6.12. The second-order valence-electron chi connectivity index (χ2n) is 8.65. The van der Waals surface area contributed by atoms with Gasteiger partial charge < -0.3 is 24.7 Å². The van der Waals surface area contributed by atoms with E-state index in [1.165, 1.54) is 24.8 Å². The molecule has 0 spiro atoms. The molecule has 2 aromatic rings. The molecule has 0 radical (unpaired) electrons. The zero-order valence-corrected chi connectivity index (χ0v) is 22.1. The quantitative estimate of drug-likeness (QED) is 0.289. The van der Waals surface area contributed by atoms with Gasteiger partial charge in [-0.05, 0) is 44.2 Å². The number of nitrogens with one attached hydrogen (secondary N) is 2. The van der Waals surface area contributed by atoms with E-state index in [4.69, 9.17) is 9.47 Å². The van der Waals surface area contributed by atoms with Crippen molar-refractivity contribution in [1.29, 1.82) is 0 Å². The van der Waals surface area contributed by atoms with Gasteiger partial charge in [-0.1, -0.05) is 18.6 Å². The van der Waals surface area contributed by atoms with Crippen molar-refractivity contribution < 1.29 is 9.47 Å². The van der Waals surface area contributed by atoms with Crippen LogP contribution in [0.5, 0.6) is 5.75 Å². The molecule has 8 nitrogen and oxygen atoms in total. The number of aromatic nitrogens is 3. The first-order valence-corrected chi connectivity index (χ1v) is 11.9. The van der Waals surface area contributed by atoms with Crippen molar-refractivity contribution in [2.45, 2.75) is 71.1 Å². The van der Waals surface area contributed by atoms with E-state index in [0.29, 0.717) is 13.2 Å². The molecule has 3 heterocycles. The van der Waals surface area contributed by atoms with E-state index >= 15 is 0 Å². The van der Waals surface area contributed by atoms with Gasteiger partial charge in [-0.25, -0.2) is 0 Å². The van der Waals surface area contributed by atoms with E-state index < -0.39 is 0 Å². The summed E-state index contributed by atoms with van der Waals surface area (Å²) >= 11 is 0. The van der Waals surface area contributed by atoms with Gasteiger partial charge in [-0.3, -0.25) is 4.99 Å². The third-order valence-electron chi connectivity index (χ3n) is 6.17. The highest BCUT2D eigenvalue weighted by atomic mass is 127. The van der Waals surface area contributed by atoms with Crippen LogP contribution in [-0.2, 0) is 30.7 Å². The Morgan fingerprint density at radius 3 is 2.94 bits per heavy atom. The van der Waals surface area contributed by atoms with Gasteiger partial charge in [0.15, 0.2) is 5.96 Å². The van der Waals surface area contributed by atoms with Crippen LogP contribution >= 0.6 is 24.0 Å². The molecule has 2 N–H and O–H groups in total. The first-order valence-electron chi connectivity index (χ1n) is 11.9. The molecular weight excluding hydrogens is 531 g/mol. The molecule has 1 aromatic heterocycles. The fourth-order valence-corrected chi connectivity index (χ4v) is 4.32. The van der Waals surface area contributed by atoms with E-state index in [1.807, 2.05) is 0 Å². The molecule has 1 atom stereocenters. The molecule has 2 aliphatic heterocycles. The van der Waals surface area contributed by atoms with Crippen LogP contribution in [0.15, 0.2) is 23.2 Å². The molecule has 0 aliphatic carbocycles. The number of aryl methyl sites for hydroxylation is 2. The summed E-state index contributed by atoms with van der Waals surface area (Å²) in [4.78, 5) is 4.37. The van der Waals surface area contributed by atoms with Crippen LogP contribution in [0.4, 0.5) is 0 Å². The van der Waals surface area contributed by atoms with Gasteiger partial charge in [0.05, 0.1) is 6.10 Å². The Morgan fingerprint density at radius 1 is 1.21 bits per heavy atom. The lowest BCUT2D eigenvalue weighted by Crippen LogP contribution is -2.38. The fraction of sp³-hybridized carbons (Fsp3) is 0.625. The highest BCUT2D eigenvalue weighted by Gasteiger charge is 2.17. The number of benzene rings is 1. The van der Waals surface area contributed by atoms with Crippen LogP contribution in [-0.4, -0.2) is 53.6 Å². The highest BCUT2D eigenvalue weighted by molar-refractivity contribution is 14.0. The minimum Gasteiger partial charge on any atom is -0.491 e. The number of nitrogens with zero attached hydrogens (tertiary/aromatic N) is 4. The Kier molecular flexibility index (Phi) is 10.2. The molecular formula is C24H37IN6O2. The number of guanidine groups is 1. The Hall–Kier alpha value is -1.88. The summed E-state index contributed by atoms with van der Waals surface area (Å²) in [5, 5.41) is 15.6. The number of fused-ring (bicyclic) bond motifs is 1. The fourth-order valence-electron chi connectivity index (χ4n) is 4.32. The van der Waals surface area contributed by atoms with Crippen molar-refractivity contribution in [2.24, 2.45) is 4.99 Å². The lowest BCUT2D eigenvalue weighted by atomic mass is 10.1. The second-order valence-corrected chi connectivity index (χ2v) is 8.65. The monoisotopic (exact) mass is 568 g/mol. The van der Waals surface area contributed by atoms with Crippen molar-refractivity contribution >= 4 is 29.9 Å². The highest BCUT2D eigenvalue weighted by Crippen LogP contribution is 2.22. The molecule has 9 heteroatoms. The maximum Gasteiger partial charge on any atom is 0.191 e. The zero-order valence-electron chi connectivity index (χ0n) is 19.8. The number of hydrogen-bond acceptors (Lipinski definition) is 5. The topological polar surface area (TPSA) is 85.6 Å². The lowest BCUT2D eigenvalue weighted by Gasteiger charge is -2.17. The SMILES string of the molecule is CN=C(NCCc1nnc2n1CCCCC2)NCc1ccc(C)cc1OCC1CCCO1.I. The Morgan fingerprint density at radius 2 is 2.12 bits per heavy atom. The van der Waals surface area contributed by atoms with Gasteiger partial charge >= 0.3 is 0 Å². The summed E-state index contributed by atoms with van der Waals surface area (Å²) in [6, 6.07) is 6.33. The molecule has 1 unspecified atom stereocenters. The van der Waals surface area contributed by atoms with Gasteiger partial charge in [-0.15, -0.1) is 34.2 Å². The Labute approximate surface area is 214 Å². The molecule has 0 saturated carbocycles. The molecule has 33 heavy (non-hydrogen) atoms. The summed E-state index contributed by atoms with van der Waals surface area (Å²) < 4.78 is 14.1. The van der Waals surface area contributed by atoms with Gasteiger partial charge in [0.25, 0.3) is 0 Å². The first kappa shape index (κ1) is 25.7. The van der Waals surface area contributed by atoms with Gasteiger partial charge in [0.1, 0.15) is 24.0 Å². The van der Waals surface area contributed by atoms with Crippen LogP contribution in [0.3, 0.4) is 0 Å². The first-order chi connectivity index (χ1) is 15.7. The number of rotatable bonds is 8. The van der Waals surface area contributed by atoms with Crippen LogP contribution < -0.4 is 15.4 Å². The molecule has 2 aliphatic rings. The summed E-state index contributed by atoms with van der Waals surface area (Å²) in [6.45, 7) is 5.96. The van der Waals surface area contributed by atoms with Crippen LogP contribution in [0.1, 0.15) is 54.9 Å². The predicted molar refractivity (Wildman–Crippen MR) is 141 cm³/mol. The minimum atomic E-state index is 0. The average Bonchev–Trinajstić information content (AvgIpc) is 3.40. The van der Waals surface area contributed by atoms with Crippen molar-refractivity contribution in [3.63, 3.8) is 0 Å². The van der Waals surface area contributed by atoms with E-state index in [-0.39, 0.29) is 30.1 Å². The lowest BCUT2D eigenvalue weighted by molar-refractivity contribution is 0.0676. The molecule has 182 valence electrons. The summed E-state index contributed by atoms with van der Waals surface area (Å²) in [7, 11) is 1.79. The number of aliphatic imine (C=N–C) groups is 1. The maximum atomic E-state index is 6.12. The summed E-state index contributed by atoms with van der Waals surface area (Å²) in [5.41, 5.74) is 2.30. The normalized spacial score (nSPS) is 18.2. The smallest absolute Gasteiger partial charge is 0.191 e. The summed E-state index contributed by atoms with van der Waals surface area (Å²) in [5.74, 6) is 3.88. The minimum absolute atomic E-state index is 0. The number of ether oxygens (including phenoxy) is 2. The summed E-state index contributed by atoms with van der Waals surface area (Å²) in [6.07, 6.45) is 7.97. The molecule has 0 bridgehead atoms. The average molecular weight is 569 g/mol. The van der Waals surface area contributed by atoms with Crippen LogP contribution in [0.2, 0.25) is 0 Å². The van der Waals surface area contributed by atoms with E-state index in [1.54, 1.807) is 7.05 Å². The van der Waals surface area contributed by atoms with E-state index in [9.17, 15) is 0 Å². The molecule has 4 rings (SSSR count). The largest absolute Gasteiger partial charge is 0.491 e. The number of halogens is 1. The van der Waals surface area contributed by atoms with Gasteiger partial charge in [-0.2, -0.15) is 0 Å². The standard InChI is InChI=1S/C24H36N6O2.HI/c1-18-9-10-19(21(15-18)32-17-20-7-6-14-31-20)16-27-24(25-2)26-12-11-23-29-28-22-8-4-3-5-13-30(22)23;/h9-10,15,20H,3-8,11-14,16-17H2,1-2H3,(H2,25,26,27);1H. The third-order valence-corrected chi connectivity index (χ3v) is 6.17. The van der Waals surface area contributed by atoms with Gasteiger partial charge in [0, 0.05) is 51.7 Å². The van der Waals surface area contributed by atoms with Crippen LogP contribution in [0.25, 0.3) is 0 Å². The van der Waals surface area contributed by atoms with Crippen molar-refractivity contribution in [1.82, 2.24) is 25.4 Å². The molecule has 0 amide bonds. The van der Waals surface area contributed by atoms with Gasteiger partial charge in [0.2, 0.25) is 0 Å². The molecule has 1 saturated heterocycles. The third kappa shape index (κ3) is 7.30. The predicted octanol–water partition coefficient (Wildman–Crippen LogP) is 3.40. The molecule has 1 aromatic carbocycles. The second kappa shape index (κ2) is 13.1. The molecule has 1 fully saturated rings. The van der Waals surface area contributed by atoms with Crippen molar-refractivity contribution in [2.75, 3.05) is 26.8 Å².